The quantitative estimate of drug-likeness (QED) is 0.890. The highest BCUT2D eigenvalue weighted by molar-refractivity contribution is 6.31. The Kier molecular flexibility index (Phi) is 4.69. The van der Waals surface area contributed by atoms with E-state index in [0.717, 1.165) is 49.1 Å². The number of hydrogen-bond acceptors (Lipinski definition) is 3. The maximum absolute atomic E-state index is 6.26. The number of likely N-dealkylation sites (tertiary alicyclic amines) is 1. The molecule has 0 amide bonds. The van der Waals surface area contributed by atoms with Gasteiger partial charge in [0, 0.05) is 19.6 Å². The first-order valence-corrected chi connectivity index (χ1v) is 7.49. The molecule has 1 aromatic rings. The van der Waals surface area contributed by atoms with Crippen molar-refractivity contribution in [3.63, 3.8) is 0 Å². The van der Waals surface area contributed by atoms with Gasteiger partial charge in [-0.25, -0.2) is 4.98 Å². The fraction of sp³-hybridized carbons (Fsp3) is 0.667. The third-order valence-electron chi connectivity index (χ3n) is 3.60. The first kappa shape index (κ1) is 14.6. The molecule has 3 nitrogen and oxygen atoms in total. The Hall–Kier alpha value is -0.800. The van der Waals surface area contributed by atoms with Gasteiger partial charge < -0.3 is 5.32 Å². The van der Waals surface area contributed by atoms with Crippen LogP contribution >= 0.6 is 11.6 Å². The summed E-state index contributed by atoms with van der Waals surface area (Å²) < 4.78 is 0. The predicted octanol–water partition coefficient (Wildman–Crippen LogP) is 3.79. The lowest BCUT2D eigenvalue weighted by molar-refractivity contribution is 0.282. The van der Waals surface area contributed by atoms with E-state index < -0.39 is 0 Å². The zero-order chi connectivity index (χ0) is 13.9. The Morgan fingerprint density at radius 2 is 2.21 bits per heavy atom. The van der Waals surface area contributed by atoms with Crippen LogP contribution in [-0.4, -0.2) is 29.5 Å². The van der Waals surface area contributed by atoms with Crippen LogP contribution in [0.5, 0.6) is 0 Å². The Morgan fingerprint density at radius 1 is 1.42 bits per heavy atom. The molecule has 0 radical (unpaired) electrons. The predicted molar refractivity (Wildman–Crippen MR) is 81.7 cm³/mol. The molecule has 0 spiro atoms. The second kappa shape index (κ2) is 6.10. The van der Waals surface area contributed by atoms with Crippen molar-refractivity contribution in [1.82, 2.24) is 9.88 Å². The van der Waals surface area contributed by atoms with Crippen molar-refractivity contribution in [2.24, 2.45) is 5.41 Å². The van der Waals surface area contributed by atoms with E-state index in [1.54, 1.807) is 0 Å². The van der Waals surface area contributed by atoms with Crippen molar-refractivity contribution >= 4 is 17.4 Å². The zero-order valence-corrected chi connectivity index (χ0v) is 12.9. The second-order valence-electron chi connectivity index (χ2n) is 6.18. The van der Waals surface area contributed by atoms with Gasteiger partial charge in [-0.05, 0) is 36.9 Å². The molecular weight excluding hydrogens is 258 g/mol. The molecule has 1 saturated heterocycles. The molecule has 0 atom stereocenters. The van der Waals surface area contributed by atoms with Crippen LogP contribution in [0.4, 0.5) is 5.82 Å². The highest BCUT2D eigenvalue weighted by Crippen LogP contribution is 2.30. The lowest BCUT2D eigenvalue weighted by Gasteiger charge is -2.20. The summed E-state index contributed by atoms with van der Waals surface area (Å²) in [5.74, 6) is 0.930. The lowest BCUT2D eigenvalue weighted by Crippen LogP contribution is -2.23. The SMILES string of the molecule is CCCNc1ccc(Cl)c(CN2CCC(C)(C)C2)n1. The van der Waals surface area contributed by atoms with Crippen molar-refractivity contribution in [1.29, 1.82) is 0 Å². The van der Waals surface area contributed by atoms with Crippen LogP contribution in [0.3, 0.4) is 0 Å². The van der Waals surface area contributed by atoms with Crippen LogP contribution in [0.25, 0.3) is 0 Å². The highest BCUT2D eigenvalue weighted by Gasteiger charge is 2.29. The van der Waals surface area contributed by atoms with E-state index in [1.807, 2.05) is 12.1 Å². The van der Waals surface area contributed by atoms with E-state index in [2.05, 4.69) is 36.0 Å². The fourth-order valence-corrected chi connectivity index (χ4v) is 2.68. The Bertz CT molecular complexity index is 431. The molecule has 4 heteroatoms. The minimum absolute atomic E-state index is 0.421. The number of nitrogens with zero attached hydrogens (tertiary/aromatic N) is 2. The van der Waals surface area contributed by atoms with Gasteiger partial charge in [-0.1, -0.05) is 32.4 Å². The van der Waals surface area contributed by atoms with Crippen molar-refractivity contribution in [3.8, 4) is 0 Å². The third-order valence-corrected chi connectivity index (χ3v) is 3.95. The summed E-state index contributed by atoms with van der Waals surface area (Å²) in [6, 6.07) is 3.90. The van der Waals surface area contributed by atoms with Crippen LogP contribution in [-0.2, 0) is 6.54 Å². The standard InChI is InChI=1S/C15H24ClN3/c1-4-8-17-14-6-5-12(16)13(18-14)10-19-9-7-15(2,3)11-19/h5-6H,4,7-11H2,1-3H3,(H,17,18). The number of anilines is 1. The minimum atomic E-state index is 0.421. The minimum Gasteiger partial charge on any atom is -0.370 e. The number of hydrogen-bond donors (Lipinski definition) is 1. The van der Waals surface area contributed by atoms with E-state index in [0.29, 0.717) is 5.41 Å². The number of halogens is 1. The van der Waals surface area contributed by atoms with Crippen LogP contribution < -0.4 is 5.32 Å². The van der Waals surface area contributed by atoms with Gasteiger partial charge in [-0.15, -0.1) is 0 Å². The molecule has 0 bridgehead atoms. The largest absolute Gasteiger partial charge is 0.370 e. The van der Waals surface area contributed by atoms with Crippen molar-refractivity contribution in [3.05, 3.63) is 22.8 Å². The monoisotopic (exact) mass is 281 g/mol. The van der Waals surface area contributed by atoms with Gasteiger partial charge in [-0.3, -0.25) is 4.90 Å². The Balaban J connectivity index is 2.03. The van der Waals surface area contributed by atoms with E-state index in [-0.39, 0.29) is 0 Å². The van der Waals surface area contributed by atoms with E-state index in [1.165, 1.54) is 6.42 Å². The van der Waals surface area contributed by atoms with Gasteiger partial charge in [0.1, 0.15) is 5.82 Å². The van der Waals surface area contributed by atoms with Crippen LogP contribution in [0.15, 0.2) is 12.1 Å². The molecule has 1 fully saturated rings. The molecule has 2 rings (SSSR count). The van der Waals surface area contributed by atoms with Crippen LogP contribution in [0.2, 0.25) is 5.02 Å². The summed E-state index contributed by atoms with van der Waals surface area (Å²) in [6.07, 6.45) is 2.35. The van der Waals surface area contributed by atoms with Gasteiger partial charge in [0.2, 0.25) is 0 Å². The molecule has 106 valence electrons. The van der Waals surface area contributed by atoms with E-state index in [9.17, 15) is 0 Å². The summed E-state index contributed by atoms with van der Waals surface area (Å²) in [7, 11) is 0. The molecule has 0 aliphatic carbocycles. The molecule has 19 heavy (non-hydrogen) atoms. The van der Waals surface area contributed by atoms with E-state index >= 15 is 0 Å². The smallest absolute Gasteiger partial charge is 0.126 e. The molecular formula is C15H24ClN3. The first-order valence-electron chi connectivity index (χ1n) is 7.12. The molecule has 0 aromatic carbocycles. The molecule has 1 aliphatic heterocycles. The molecule has 0 unspecified atom stereocenters. The highest BCUT2D eigenvalue weighted by atomic mass is 35.5. The number of pyridine rings is 1. The maximum atomic E-state index is 6.26. The summed E-state index contributed by atoms with van der Waals surface area (Å²) in [6.45, 7) is 10.8. The van der Waals surface area contributed by atoms with Gasteiger partial charge in [-0.2, -0.15) is 0 Å². The topological polar surface area (TPSA) is 28.2 Å². The van der Waals surface area contributed by atoms with Gasteiger partial charge in [0.25, 0.3) is 0 Å². The van der Waals surface area contributed by atoms with Gasteiger partial charge in [0.05, 0.1) is 10.7 Å². The molecule has 1 aromatic heterocycles. The average Bonchev–Trinajstić information content (AvgIpc) is 2.70. The van der Waals surface area contributed by atoms with E-state index in [4.69, 9.17) is 11.6 Å². The fourth-order valence-electron chi connectivity index (χ4n) is 2.52. The van der Waals surface area contributed by atoms with Crippen LogP contribution in [0.1, 0.15) is 39.3 Å². The van der Waals surface area contributed by atoms with Gasteiger partial charge >= 0.3 is 0 Å². The molecule has 1 aliphatic rings. The van der Waals surface area contributed by atoms with Crippen molar-refractivity contribution in [2.45, 2.75) is 40.2 Å². The number of rotatable bonds is 5. The summed E-state index contributed by atoms with van der Waals surface area (Å²) in [4.78, 5) is 7.08. The van der Waals surface area contributed by atoms with Crippen LogP contribution in [0, 0.1) is 5.41 Å². The number of aromatic nitrogens is 1. The zero-order valence-electron chi connectivity index (χ0n) is 12.2. The summed E-state index contributed by atoms with van der Waals surface area (Å²) in [5, 5.41) is 4.08. The number of nitrogens with one attached hydrogen (secondary N) is 1. The summed E-state index contributed by atoms with van der Waals surface area (Å²) >= 11 is 6.26. The summed E-state index contributed by atoms with van der Waals surface area (Å²) in [5.41, 5.74) is 1.41. The molecule has 1 N–H and O–H groups in total. The second-order valence-corrected chi connectivity index (χ2v) is 6.58. The molecule has 2 heterocycles. The van der Waals surface area contributed by atoms with Gasteiger partial charge in [0.15, 0.2) is 0 Å². The maximum Gasteiger partial charge on any atom is 0.126 e. The Morgan fingerprint density at radius 3 is 2.84 bits per heavy atom. The van der Waals surface area contributed by atoms with Crippen molar-refractivity contribution in [2.75, 3.05) is 25.0 Å². The average molecular weight is 282 g/mol. The van der Waals surface area contributed by atoms with Crippen molar-refractivity contribution < 1.29 is 0 Å². The third kappa shape index (κ3) is 4.08. The lowest BCUT2D eigenvalue weighted by atomic mass is 9.93. The Labute approximate surface area is 121 Å². The molecule has 0 saturated carbocycles. The first-order chi connectivity index (χ1) is 9.00. The normalized spacial score (nSPS) is 18.7.